The van der Waals surface area contributed by atoms with Gasteiger partial charge >= 0.3 is 0 Å². The smallest absolute Gasteiger partial charge is 0.119 e. The number of aryl methyl sites for hydroxylation is 1. The number of hydrogen-bond donors (Lipinski definition) is 0. The minimum atomic E-state index is 0.555. The van der Waals surface area contributed by atoms with Gasteiger partial charge < -0.3 is 4.74 Å². The fraction of sp³-hybridized carbons (Fsp3) is 0.647. The molecule has 1 aromatic carbocycles. The summed E-state index contributed by atoms with van der Waals surface area (Å²) in [6.45, 7) is 13.2. The second-order valence-electron chi connectivity index (χ2n) is 6.26. The van der Waals surface area contributed by atoms with E-state index in [4.69, 9.17) is 4.74 Å². The topological polar surface area (TPSA) is 12.5 Å². The first-order valence-electron chi connectivity index (χ1n) is 7.48. The maximum atomic E-state index is 5.99. The molecule has 0 saturated carbocycles. The molecule has 0 amide bonds. The molecule has 19 heavy (non-hydrogen) atoms. The third-order valence-corrected chi connectivity index (χ3v) is 4.17. The zero-order chi connectivity index (χ0) is 14.0. The van der Waals surface area contributed by atoms with Crippen LogP contribution in [0.15, 0.2) is 18.2 Å². The molecule has 0 bridgehead atoms. The van der Waals surface area contributed by atoms with Crippen LogP contribution in [0.4, 0.5) is 0 Å². The van der Waals surface area contributed by atoms with E-state index in [0.717, 1.165) is 12.4 Å². The van der Waals surface area contributed by atoms with Gasteiger partial charge in [0.15, 0.2) is 0 Å². The van der Waals surface area contributed by atoms with Gasteiger partial charge in [-0.15, -0.1) is 0 Å². The maximum absolute atomic E-state index is 5.99. The van der Waals surface area contributed by atoms with Gasteiger partial charge in [0.25, 0.3) is 0 Å². The summed E-state index contributed by atoms with van der Waals surface area (Å²) in [6, 6.07) is 7.71. The monoisotopic (exact) mass is 261 g/mol. The number of rotatable bonds is 5. The van der Waals surface area contributed by atoms with Crippen LogP contribution in [-0.2, 0) is 0 Å². The summed E-state index contributed by atoms with van der Waals surface area (Å²) in [4.78, 5) is 2.51. The van der Waals surface area contributed by atoms with Crippen molar-refractivity contribution in [2.75, 3.05) is 13.2 Å². The van der Waals surface area contributed by atoms with Crippen LogP contribution in [-0.4, -0.2) is 30.1 Å². The van der Waals surface area contributed by atoms with E-state index in [-0.39, 0.29) is 0 Å². The first-order valence-corrected chi connectivity index (χ1v) is 7.48. The quantitative estimate of drug-likeness (QED) is 0.795. The predicted molar refractivity (Wildman–Crippen MR) is 81.0 cm³/mol. The zero-order valence-corrected chi connectivity index (χ0v) is 12.9. The summed E-state index contributed by atoms with van der Waals surface area (Å²) >= 11 is 0. The number of benzene rings is 1. The molecule has 1 unspecified atom stereocenters. The van der Waals surface area contributed by atoms with Crippen molar-refractivity contribution in [3.05, 3.63) is 29.3 Å². The van der Waals surface area contributed by atoms with Gasteiger partial charge in [-0.05, 0) is 56.4 Å². The highest BCUT2D eigenvalue weighted by Gasteiger charge is 2.30. The molecule has 2 nitrogen and oxygen atoms in total. The Morgan fingerprint density at radius 2 is 2.00 bits per heavy atom. The van der Waals surface area contributed by atoms with Crippen LogP contribution in [0.2, 0.25) is 0 Å². The molecule has 2 rings (SSSR count). The zero-order valence-electron chi connectivity index (χ0n) is 12.9. The van der Waals surface area contributed by atoms with E-state index in [0.29, 0.717) is 18.0 Å². The average molecular weight is 261 g/mol. The molecule has 1 saturated heterocycles. The van der Waals surface area contributed by atoms with Gasteiger partial charge in [0.05, 0.1) is 0 Å². The number of likely N-dealkylation sites (tertiary alicyclic amines) is 1. The average Bonchev–Trinajstić information content (AvgIpc) is 2.28. The Labute approximate surface area is 117 Å². The molecule has 0 N–H and O–H groups in total. The van der Waals surface area contributed by atoms with Gasteiger partial charge in [0.2, 0.25) is 0 Å². The molecular weight excluding hydrogens is 234 g/mol. The lowest BCUT2D eigenvalue weighted by Crippen LogP contribution is -2.54. The molecule has 0 spiro atoms. The molecule has 1 atom stereocenters. The molecule has 0 aromatic heterocycles. The lowest BCUT2D eigenvalue weighted by Gasteiger charge is -2.43. The van der Waals surface area contributed by atoms with Crippen LogP contribution in [0.3, 0.4) is 0 Å². The largest absolute Gasteiger partial charge is 0.492 e. The molecule has 106 valence electrons. The van der Waals surface area contributed by atoms with Gasteiger partial charge in [0, 0.05) is 18.6 Å². The maximum Gasteiger partial charge on any atom is 0.119 e. The molecular formula is C17H27NO. The van der Waals surface area contributed by atoms with Crippen LogP contribution in [0, 0.1) is 6.92 Å². The van der Waals surface area contributed by atoms with E-state index in [1.54, 1.807) is 0 Å². The van der Waals surface area contributed by atoms with Gasteiger partial charge in [0.1, 0.15) is 12.4 Å². The van der Waals surface area contributed by atoms with Crippen molar-refractivity contribution in [3.63, 3.8) is 0 Å². The minimum Gasteiger partial charge on any atom is -0.492 e. The van der Waals surface area contributed by atoms with E-state index in [2.05, 4.69) is 57.7 Å². The van der Waals surface area contributed by atoms with Crippen LogP contribution in [0.25, 0.3) is 0 Å². The summed E-state index contributed by atoms with van der Waals surface area (Å²) < 4.78 is 5.99. The van der Waals surface area contributed by atoms with E-state index in [1.807, 2.05) is 0 Å². The van der Waals surface area contributed by atoms with E-state index in [9.17, 15) is 0 Å². The van der Waals surface area contributed by atoms with Gasteiger partial charge in [-0.1, -0.05) is 19.9 Å². The van der Waals surface area contributed by atoms with Crippen molar-refractivity contribution < 1.29 is 4.74 Å². The lowest BCUT2D eigenvalue weighted by atomic mass is 9.98. The summed E-state index contributed by atoms with van der Waals surface area (Å²) in [5.74, 6) is 1.57. The molecule has 1 aliphatic rings. The Kier molecular flexibility index (Phi) is 4.51. The van der Waals surface area contributed by atoms with Crippen molar-refractivity contribution in [2.24, 2.45) is 0 Å². The number of nitrogens with zero attached hydrogens (tertiary/aromatic N) is 1. The SMILES string of the molecule is Cc1ccc(OCC2CCN2C(C)C)cc1C(C)C. The van der Waals surface area contributed by atoms with Crippen LogP contribution in [0.5, 0.6) is 5.75 Å². The lowest BCUT2D eigenvalue weighted by molar-refractivity contribution is 0.0241. The highest BCUT2D eigenvalue weighted by atomic mass is 16.5. The van der Waals surface area contributed by atoms with Crippen molar-refractivity contribution in [1.29, 1.82) is 0 Å². The van der Waals surface area contributed by atoms with Gasteiger partial charge in [-0.3, -0.25) is 4.90 Å². The number of hydrogen-bond acceptors (Lipinski definition) is 2. The van der Waals surface area contributed by atoms with Crippen LogP contribution < -0.4 is 4.74 Å². The fourth-order valence-electron chi connectivity index (χ4n) is 2.84. The molecule has 1 aliphatic heterocycles. The minimum absolute atomic E-state index is 0.555. The highest BCUT2D eigenvalue weighted by Crippen LogP contribution is 2.26. The fourth-order valence-corrected chi connectivity index (χ4v) is 2.84. The third kappa shape index (κ3) is 3.30. The first kappa shape index (κ1) is 14.4. The molecule has 0 aliphatic carbocycles. The van der Waals surface area contributed by atoms with Crippen molar-refractivity contribution in [3.8, 4) is 5.75 Å². The second kappa shape index (κ2) is 5.96. The molecule has 2 heteroatoms. The molecule has 1 aromatic rings. The van der Waals surface area contributed by atoms with Crippen LogP contribution in [0.1, 0.15) is 51.2 Å². The van der Waals surface area contributed by atoms with Gasteiger partial charge in [-0.25, -0.2) is 0 Å². The predicted octanol–water partition coefficient (Wildman–Crippen LogP) is 3.98. The van der Waals surface area contributed by atoms with Crippen molar-refractivity contribution >= 4 is 0 Å². The van der Waals surface area contributed by atoms with E-state index < -0.39 is 0 Å². The second-order valence-corrected chi connectivity index (χ2v) is 6.26. The highest BCUT2D eigenvalue weighted by molar-refractivity contribution is 5.36. The number of ether oxygens (including phenoxy) is 1. The van der Waals surface area contributed by atoms with Crippen molar-refractivity contribution in [1.82, 2.24) is 4.90 Å². The van der Waals surface area contributed by atoms with Gasteiger partial charge in [-0.2, -0.15) is 0 Å². The van der Waals surface area contributed by atoms with Crippen LogP contribution >= 0.6 is 0 Å². The molecule has 1 heterocycles. The molecule has 0 radical (unpaired) electrons. The summed E-state index contributed by atoms with van der Waals surface area (Å²) in [5.41, 5.74) is 2.75. The Bertz CT molecular complexity index is 425. The van der Waals surface area contributed by atoms with E-state index >= 15 is 0 Å². The standard InChI is InChI=1S/C17H27NO/c1-12(2)17-10-16(7-6-14(17)5)19-11-15-8-9-18(15)13(3)4/h6-7,10,12-13,15H,8-9,11H2,1-5H3. The Morgan fingerprint density at radius 3 is 2.53 bits per heavy atom. The normalized spacial score (nSPS) is 19.8. The summed E-state index contributed by atoms with van der Waals surface area (Å²) in [6.07, 6.45) is 1.26. The summed E-state index contributed by atoms with van der Waals surface area (Å²) in [7, 11) is 0. The Hall–Kier alpha value is -1.02. The molecule has 1 fully saturated rings. The van der Waals surface area contributed by atoms with E-state index in [1.165, 1.54) is 24.1 Å². The summed E-state index contributed by atoms with van der Waals surface area (Å²) in [5, 5.41) is 0. The third-order valence-electron chi connectivity index (χ3n) is 4.17. The Balaban J connectivity index is 1.95. The first-order chi connectivity index (χ1) is 8.99. The van der Waals surface area contributed by atoms with Crippen molar-refractivity contribution in [2.45, 2.75) is 59.0 Å². The Morgan fingerprint density at radius 1 is 1.26 bits per heavy atom.